The van der Waals surface area contributed by atoms with E-state index in [-0.39, 0.29) is 0 Å². The average molecular weight is 603 g/mol. The van der Waals surface area contributed by atoms with Crippen LogP contribution in [0.4, 0.5) is 0 Å². The topological polar surface area (TPSA) is 64.7 Å². The smallest absolute Gasteiger partial charge is 0.227 e. The van der Waals surface area contributed by atoms with Gasteiger partial charge in [0.2, 0.25) is 5.89 Å². The summed E-state index contributed by atoms with van der Waals surface area (Å²) in [5, 5.41) is 3.15. The molecule has 0 bridgehead atoms. The second-order valence-electron chi connectivity index (χ2n) is 11.5. The van der Waals surface area contributed by atoms with Crippen LogP contribution in [-0.2, 0) is 0 Å². The van der Waals surface area contributed by atoms with Crippen LogP contribution in [0.25, 0.3) is 89.3 Å². The zero-order chi connectivity index (χ0) is 31.2. The molecule has 4 heterocycles. The lowest BCUT2D eigenvalue weighted by atomic mass is 9.97. The molecule has 9 rings (SSSR count). The molecular formula is C42H26N4O. The minimum atomic E-state index is 0.614. The summed E-state index contributed by atoms with van der Waals surface area (Å²) in [7, 11) is 0. The molecule has 47 heavy (non-hydrogen) atoms. The summed E-state index contributed by atoms with van der Waals surface area (Å²) in [4.78, 5) is 19.5. The zero-order valence-corrected chi connectivity index (χ0v) is 25.2. The van der Waals surface area contributed by atoms with Crippen LogP contribution in [0.15, 0.2) is 162 Å². The van der Waals surface area contributed by atoms with E-state index in [1.54, 1.807) is 6.20 Å². The highest BCUT2D eigenvalue weighted by Gasteiger charge is 2.17. The highest BCUT2D eigenvalue weighted by atomic mass is 16.3. The third-order valence-corrected chi connectivity index (χ3v) is 8.59. The second kappa shape index (κ2) is 11.2. The number of oxazole rings is 1. The maximum absolute atomic E-state index is 6.25. The van der Waals surface area contributed by atoms with E-state index in [1.165, 1.54) is 0 Å². The zero-order valence-electron chi connectivity index (χ0n) is 25.2. The molecule has 0 aliphatic heterocycles. The molecule has 0 amide bonds. The van der Waals surface area contributed by atoms with Gasteiger partial charge < -0.3 is 4.42 Å². The highest BCUT2D eigenvalue weighted by molar-refractivity contribution is 6.20. The van der Waals surface area contributed by atoms with Gasteiger partial charge in [-0.05, 0) is 65.7 Å². The maximum Gasteiger partial charge on any atom is 0.227 e. The van der Waals surface area contributed by atoms with Crippen molar-refractivity contribution in [1.82, 2.24) is 19.9 Å². The molecule has 4 aromatic heterocycles. The third kappa shape index (κ3) is 4.82. The monoisotopic (exact) mass is 602 g/mol. The normalized spacial score (nSPS) is 11.4. The summed E-state index contributed by atoms with van der Waals surface area (Å²) < 4.78 is 6.25. The van der Waals surface area contributed by atoms with Crippen LogP contribution in [0, 0.1) is 0 Å². The summed E-state index contributed by atoms with van der Waals surface area (Å²) in [6.07, 6.45) is 1.79. The lowest BCUT2D eigenvalue weighted by Gasteiger charge is -2.11. The molecule has 0 aliphatic rings. The van der Waals surface area contributed by atoms with Crippen LogP contribution < -0.4 is 0 Å². The number of hydrogen-bond acceptors (Lipinski definition) is 5. The molecule has 0 aliphatic carbocycles. The van der Waals surface area contributed by atoms with E-state index in [2.05, 4.69) is 71.7 Å². The third-order valence-electron chi connectivity index (χ3n) is 8.59. The molecule has 9 aromatic rings. The van der Waals surface area contributed by atoms with Gasteiger partial charge in [-0.2, -0.15) is 0 Å². The Labute approximate surface area is 270 Å². The Hall–Kier alpha value is -6.46. The minimum absolute atomic E-state index is 0.614. The van der Waals surface area contributed by atoms with Crippen LogP contribution in [0.5, 0.6) is 0 Å². The first kappa shape index (κ1) is 26.9. The number of para-hydroxylation sites is 1. The first-order valence-corrected chi connectivity index (χ1v) is 15.6. The van der Waals surface area contributed by atoms with E-state index < -0.39 is 0 Å². The SMILES string of the molecule is c1ccc(-c2nc3c(ccc4c(-c5ccc(-c6ccc(-c7cccc(-c8ccccn8)n7)cc6)cc5)nc5ccccc5c43)o2)cc1. The summed E-state index contributed by atoms with van der Waals surface area (Å²) >= 11 is 0. The number of benzene rings is 5. The van der Waals surface area contributed by atoms with Gasteiger partial charge in [0.15, 0.2) is 5.58 Å². The Kier molecular flexibility index (Phi) is 6.39. The van der Waals surface area contributed by atoms with Gasteiger partial charge >= 0.3 is 0 Å². The lowest BCUT2D eigenvalue weighted by molar-refractivity contribution is 0.620. The van der Waals surface area contributed by atoms with Gasteiger partial charge in [-0.3, -0.25) is 4.98 Å². The molecule has 0 N–H and O–H groups in total. The van der Waals surface area contributed by atoms with Crippen LogP contribution in [0.2, 0.25) is 0 Å². The second-order valence-corrected chi connectivity index (χ2v) is 11.5. The summed E-state index contributed by atoms with van der Waals surface area (Å²) in [5.41, 5.74) is 11.4. The van der Waals surface area contributed by atoms with Gasteiger partial charge in [-0.25, -0.2) is 15.0 Å². The molecule has 0 saturated carbocycles. The van der Waals surface area contributed by atoms with E-state index >= 15 is 0 Å². The van der Waals surface area contributed by atoms with Gasteiger partial charge in [-0.15, -0.1) is 0 Å². The average Bonchev–Trinajstić information content (AvgIpc) is 3.60. The van der Waals surface area contributed by atoms with Crippen LogP contribution in [0.1, 0.15) is 0 Å². The first-order chi connectivity index (χ1) is 23.3. The fourth-order valence-electron chi connectivity index (χ4n) is 6.26. The highest BCUT2D eigenvalue weighted by Crippen LogP contribution is 2.38. The van der Waals surface area contributed by atoms with E-state index in [1.807, 2.05) is 84.9 Å². The summed E-state index contributed by atoms with van der Waals surface area (Å²) in [6.45, 7) is 0. The van der Waals surface area contributed by atoms with Crippen molar-refractivity contribution in [3.8, 4) is 56.5 Å². The molecule has 0 fully saturated rings. The van der Waals surface area contributed by atoms with Crippen molar-refractivity contribution >= 4 is 32.8 Å². The number of nitrogens with zero attached hydrogens (tertiary/aromatic N) is 4. The van der Waals surface area contributed by atoms with Crippen molar-refractivity contribution < 1.29 is 4.42 Å². The first-order valence-electron chi connectivity index (χ1n) is 15.6. The number of hydrogen-bond donors (Lipinski definition) is 0. The molecule has 220 valence electrons. The predicted octanol–water partition coefficient (Wildman–Crippen LogP) is 10.7. The quantitative estimate of drug-likeness (QED) is 0.183. The van der Waals surface area contributed by atoms with Gasteiger partial charge in [0.1, 0.15) is 5.52 Å². The fraction of sp³-hybridized carbons (Fsp3) is 0. The molecule has 0 saturated heterocycles. The molecule has 0 radical (unpaired) electrons. The van der Waals surface area contributed by atoms with Crippen molar-refractivity contribution in [2.45, 2.75) is 0 Å². The van der Waals surface area contributed by atoms with Gasteiger partial charge in [-0.1, -0.05) is 97.1 Å². The number of aromatic nitrogens is 4. The molecule has 0 atom stereocenters. The molecule has 0 spiro atoms. The lowest BCUT2D eigenvalue weighted by Crippen LogP contribution is -1.91. The Bertz CT molecular complexity index is 2540. The van der Waals surface area contributed by atoms with Gasteiger partial charge in [0.05, 0.1) is 28.3 Å². The van der Waals surface area contributed by atoms with Gasteiger partial charge in [0, 0.05) is 39.0 Å². The molecular weight excluding hydrogens is 576 g/mol. The standard InChI is InChI=1S/C42H26N4O/c1-2-9-31(10-3-1)42-46-41-38(47-42)25-24-33-39(41)32-11-4-5-12-35(32)45-40(33)30-22-18-28(19-23-30)27-16-20-29(21-17-27)34-14-8-15-37(44-34)36-13-6-7-26-43-36/h1-26H. The minimum Gasteiger partial charge on any atom is -0.436 e. The Morgan fingerprint density at radius 1 is 0.404 bits per heavy atom. The largest absolute Gasteiger partial charge is 0.436 e. The maximum atomic E-state index is 6.25. The van der Waals surface area contributed by atoms with E-state index in [0.29, 0.717) is 5.89 Å². The van der Waals surface area contributed by atoms with Crippen LogP contribution in [0.3, 0.4) is 0 Å². The summed E-state index contributed by atoms with van der Waals surface area (Å²) in [6, 6.07) is 51.5. The molecule has 5 aromatic carbocycles. The van der Waals surface area contributed by atoms with Crippen molar-refractivity contribution in [3.05, 3.63) is 158 Å². The predicted molar refractivity (Wildman–Crippen MR) is 190 cm³/mol. The Balaban J connectivity index is 1.08. The molecule has 0 unspecified atom stereocenters. The Morgan fingerprint density at radius 3 is 1.87 bits per heavy atom. The van der Waals surface area contributed by atoms with Crippen molar-refractivity contribution in [3.63, 3.8) is 0 Å². The Morgan fingerprint density at radius 2 is 1.09 bits per heavy atom. The van der Waals surface area contributed by atoms with Crippen LogP contribution >= 0.6 is 0 Å². The number of pyridine rings is 3. The van der Waals surface area contributed by atoms with E-state index in [9.17, 15) is 0 Å². The van der Waals surface area contributed by atoms with E-state index in [0.717, 1.165) is 83.4 Å². The number of rotatable bonds is 5. The van der Waals surface area contributed by atoms with E-state index in [4.69, 9.17) is 19.4 Å². The number of fused-ring (bicyclic) bond motifs is 5. The van der Waals surface area contributed by atoms with Crippen LogP contribution in [-0.4, -0.2) is 19.9 Å². The summed E-state index contributed by atoms with van der Waals surface area (Å²) in [5.74, 6) is 0.614. The van der Waals surface area contributed by atoms with Gasteiger partial charge in [0.25, 0.3) is 0 Å². The molecule has 5 nitrogen and oxygen atoms in total. The molecule has 5 heteroatoms. The fourth-order valence-corrected chi connectivity index (χ4v) is 6.26. The van der Waals surface area contributed by atoms with Crippen molar-refractivity contribution in [2.24, 2.45) is 0 Å². The van der Waals surface area contributed by atoms with Crippen molar-refractivity contribution in [2.75, 3.05) is 0 Å². The van der Waals surface area contributed by atoms with Crippen molar-refractivity contribution in [1.29, 1.82) is 0 Å².